The van der Waals surface area contributed by atoms with Crippen molar-refractivity contribution >= 4 is 67.9 Å². The van der Waals surface area contributed by atoms with Crippen LogP contribution in [0.1, 0.15) is 21.5 Å². The molecule has 1 heterocycles. The van der Waals surface area contributed by atoms with Crippen LogP contribution in [0.2, 0.25) is 0 Å². The number of nitrogens with one attached hydrogen (secondary N) is 3. The van der Waals surface area contributed by atoms with Gasteiger partial charge in [-0.05, 0) is 78.7 Å². The largest absolute Gasteiger partial charge is 0.321 e. The fourth-order valence-corrected chi connectivity index (χ4v) is 5.65. The van der Waals surface area contributed by atoms with Gasteiger partial charge in [-0.15, -0.1) is 11.8 Å². The number of hydrogen-bond acceptors (Lipinski definition) is 6. The second kappa shape index (κ2) is 13.2. The molecule has 3 N–H and O–H groups in total. The van der Waals surface area contributed by atoms with Crippen molar-refractivity contribution in [2.75, 3.05) is 16.4 Å². The summed E-state index contributed by atoms with van der Waals surface area (Å²) in [5, 5.41) is 8.85. The Morgan fingerprint density at radius 3 is 2.48 bits per heavy atom. The number of carbonyl (C=O) groups is 3. The van der Waals surface area contributed by atoms with Crippen LogP contribution in [-0.2, 0) is 9.59 Å². The lowest BCUT2D eigenvalue weighted by Crippen LogP contribution is -2.30. The summed E-state index contributed by atoms with van der Waals surface area (Å²) in [5.74, 6) is -1.48. The average molecular weight is 597 g/mol. The monoisotopic (exact) mass is 596 g/mol. The molecule has 0 unspecified atom stereocenters. The van der Waals surface area contributed by atoms with Gasteiger partial charge in [-0.3, -0.25) is 14.4 Å². The van der Waals surface area contributed by atoms with E-state index in [1.54, 1.807) is 48.5 Å². The molecule has 0 bridgehead atoms. The molecule has 1 aromatic heterocycles. The Balaban J connectivity index is 1.25. The number of fused-ring (bicyclic) bond motifs is 1. The van der Waals surface area contributed by atoms with Crippen molar-refractivity contribution in [3.05, 3.63) is 125 Å². The van der Waals surface area contributed by atoms with Gasteiger partial charge in [0.15, 0.2) is 5.13 Å². The summed E-state index contributed by atoms with van der Waals surface area (Å²) in [6.45, 7) is 2.01. The molecule has 210 valence electrons. The van der Waals surface area contributed by atoms with E-state index in [2.05, 4.69) is 20.9 Å². The first-order chi connectivity index (χ1) is 20.3. The van der Waals surface area contributed by atoms with Gasteiger partial charge in [-0.2, -0.15) is 0 Å². The van der Waals surface area contributed by atoms with Crippen LogP contribution in [0.4, 0.5) is 15.2 Å². The number of nitrogens with zero attached hydrogens (tertiary/aromatic N) is 1. The predicted octanol–water partition coefficient (Wildman–Crippen LogP) is 6.88. The van der Waals surface area contributed by atoms with Gasteiger partial charge in [0.25, 0.3) is 11.8 Å². The first kappa shape index (κ1) is 28.7. The molecule has 10 heteroatoms. The van der Waals surface area contributed by atoms with Gasteiger partial charge in [0.1, 0.15) is 11.5 Å². The van der Waals surface area contributed by atoms with Crippen molar-refractivity contribution in [3.8, 4) is 0 Å². The molecule has 0 saturated heterocycles. The van der Waals surface area contributed by atoms with Crippen LogP contribution in [0.5, 0.6) is 0 Å². The van der Waals surface area contributed by atoms with Gasteiger partial charge in [0, 0.05) is 16.1 Å². The molecule has 0 fully saturated rings. The zero-order valence-electron chi connectivity index (χ0n) is 22.4. The van der Waals surface area contributed by atoms with Crippen molar-refractivity contribution in [1.82, 2.24) is 10.3 Å². The average Bonchev–Trinajstić information content (AvgIpc) is 3.38. The van der Waals surface area contributed by atoms with Gasteiger partial charge in [-0.25, -0.2) is 9.37 Å². The molecule has 0 aliphatic rings. The van der Waals surface area contributed by atoms with Crippen molar-refractivity contribution in [2.24, 2.45) is 0 Å². The molecule has 0 saturated carbocycles. The van der Waals surface area contributed by atoms with E-state index in [0.717, 1.165) is 20.7 Å². The predicted molar refractivity (Wildman–Crippen MR) is 167 cm³/mol. The lowest BCUT2D eigenvalue weighted by Gasteiger charge is -2.12. The summed E-state index contributed by atoms with van der Waals surface area (Å²) in [7, 11) is 0. The third-order valence-corrected chi connectivity index (χ3v) is 7.89. The van der Waals surface area contributed by atoms with Crippen molar-refractivity contribution in [3.63, 3.8) is 0 Å². The topological polar surface area (TPSA) is 100 Å². The van der Waals surface area contributed by atoms with E-state index in [1.807, 2.05) is 31.2 Å². The second-order valence-corrected chi connectivity index (χ2v) is 11.3. The molecule has 0 aliphatic heterocycles. The minimum Gasteiger partial charge on any atom is -0.321 e. The van der Waals surface area contributed by atoms with Crippen LogP contribution in [-0.4, -0.2) is 28.5 Å². The van der Waals surface area contributed by atoms with E-state index < -0.39 is 17.6 Å². The zero-order chi connectivity index (χ0) is 29.5. The molecule has 0 atom stereocenters. The third-order valence-electron chi connectivity index (χ3n) is 5.96. The Labute approximate surface area is 249 Å². The Morgan fingerprint density at radius 1 is 0.905 bits per heavy atom. The van der Waals surface area contributed by atoms with E-state index in [4.69, 9.17) is 0 Å². The zero-order valence-corrected chi connectivity index (χ0v) is 24.0. The number of hydrogen-bond donors (Lipinski definition) is 3. The van der Waals surface area contributed by atoms with Crippen LogP contribution in [0.3, 0.4) is 0 Å². The highest BCUT2D eigenvalue weighted by Crippen LogP contribution is 2.27. The third kappa shape index (κ3) is 7.68. The highest BCUT2D eigenvalue weighted by Gasteiger charge is 2.16. The number of rotatable bonds is 9. The van der Waals surface area contributed by atoms with Crippen LogP contribution in [0.15, 0.2) is 108 Å². The fourth-order valence-electron chi connectivity index (χ4n) is 3.92. The molecular formula is C32H25FN4O3S2. The highest BCUT2D eigenvalue weighted by molar-refractivity contribution is 8.00. The molecular weight excluding hydrogens is 572 g/mol. The summed E-state index contributed by atoms with van der Waals surface area (Å²) in [6, 6.07) is 27.1. The summed E-state index contributed by atoms with van der Waals surface area (Å²) in [6.07, 6.45) is 1.47. The number of thiazole rings is 1. The summed E-state index contributed by atoms with van der Waals surface area (Å²) in [4.78, 5) is 43.9. The Bertz CT molecular complexity index is 1790. The van der Waals surface area contributed by atoms with Gasteiger partial charge < -0.3 is 16.0 Å². The van der Waals surface area contributed by atoms with E-state index in [-0.39, 0.29) is 17.4 Å². The number of aromatic nitrogens is 1. The molecule has 4 aromatic carbocycles. The second-order valence-electron chi connectivity index (χ2n) is 9.24. The van der Waals surface area contributed by atoms with Gasteiger partial charge >= 0.3 is 0 Å². The van der Waals surface area contributed by atoms with E-state index in [1.165, 1.54) is 53.4 Å². The van der Waals surface area contributed by atoms with Crippen molar-refractivity contribution in [1.29, 1.82) is 0 Å². The van der Waals surface area contributed by atoms with Gasteiger partial charge in [-0.1, -0.05) is 53.8 Å². The maximum absolute atomic E-state index is 13.4. The first-order valence-corrected chi connectivity index (χ1v) is 14.7. The van der Waals surface area contributed by atoms with Crippen LogP contribution >= 0.6 is 23.1 Å². The van der Waals surface area contributed by atoms with E-state index >= 15 is 0 Å². The smallest absolute Gasteiger partial charge is 0.272 e. The number of anilines is 2. The van der Waals surface area contributed by atoms with Gasteiger partial charge in [0.05, 0.1) is 16.0 Å². The maximum Gasteiger partial charge on any atom is 0.272 e. The molecule has 42 heavy (non-hydrogen) atoms. The van der Waals surface area contributed by atoms with Crippen molar-refractivity contribution in [2.45, 2.75) is 11.8 Å². The normalized spacial score (nSPS) is 11.2. The molecule has 3 amide bonds. The summed E-state index contributed by atoms with van der Waals surface area (Å²) >= 11 is 2.74. The SMILES string of the molecule is Cc1ccc2nc(NC(=O)CSc3cccc(NC(=O)/C(=C/c4ccc(F)cc4)NC(=O)c4ccccc4)c3)sc2c1. The minimum absolute atomic E-state index is 0.0149. The fraction of sp³-hybridized carbons (Fsp3) is 0.0625. The molecule has 0 radical (unpaired) electrons. The minimum atomic E-state index is -0.561. The number of halogens is 1. The summed E-state index contributed by atoms with van der Waals surface area (Å²) < 4.78 is 14.4. The molecule has 5 rings (SSSR count). The number of aryl methyl sites for hydroxylation is 1. The molecule has 5 aromatic rings. The number of amides is 3. The Morgan fingerprint density at radius 2 is 1.69 bits per heavy atom. The first-order valence-electron chi connectivity index (χ1n) is 12.9. The van der Waals surface area contributed by atoms with Crippen LogP contribution in [0, 0.1) is 12.7 Å². The number of benzene rings is 4. The van der Waals surface area contributed by atoms with E-state index in [0.29, 0.717) is 21.9 Å². The van der Waals surface area contributed by atoms with E-state index in [9.17, 15) is 18.8 Å². The Kier molecular flexibility index (Phi) is 9.05. The highest BCUT2D eigenvalue weighted by atomic mass is 32.2. The van der Waals surface area contributed by atoms with Gasteiger partial charge in [0.2, 0.25) is 5.91 Å². The molecule has 7 nitrogen and oxygen atoms in total. The van der Waals surface area contributed by atoms with Crippen LogP contribution in [0.25, 0.3) is 16.3 Å². The Hall–Kier alpha value is -4.80. The van der Waals surface area contributed by atoms with Crippen LogP contribution < -0.4 is 16.0 Å². The standard InChI is InChI=1S/C32H25FN4O3S2/c1-20-10-15-26-28(16-20)42-32(36-26)37-29(38)19-41-25-9-5-8-24(18-25)34-31(40)27(17-21-11-13-23(33)14-12-21)35-30(39)22-6-3-2-4-7-22/h2-18H,19H2,1H3,(H,34,40)(H,35,39)(H,36,37,38)/b27-17-. The lowest BCUT2D eigenvalue weighted by atomic mass is 10.1. The number of thioether (sulfide) groups is 1. The quantitative estimate of drug-likeness (QED) is 0.127. The molecule has 0 spiro atoms. The lowest BCUT2D eigenvalue weighted by molar-refractivity contribution is -0.114. The van der Waals surface area contributed by atoms with Crippen molar-refractivity contribution < 1.29 is 18.8 Å². The molecule has 0 aliphatic carbocycles. The maximum atomic E-state index is 13.4. The summed E-state index contributed by atoms with van der Waals surface area (Å²) in [5.41, 5.74) is 3.35. The number of carbonyl (C=O) groups excluding carboxylic acids is 3.